The second-order valence-corrected chi connectivity index (χ2v) is 9.57. The fourth-order valence-electron chi connectivity index (χ4n) is 3.98. The van der Waals surface area contributed by atoms with Gasteiger partial charge in [-0.25, -0.2) is 0 Å². The van der Waals surface area contributed by atoms with E-state index in [1.807, 2.05) is 45.2 Å². The normalized spacial score (nSPS) is 20.3. The second kappa shape index (κ2) is 11.9. The summed E-state index contributed by atoms with van der Waals surface area (Å²) in [6.07, 6.45) is 1.43. The van der Waals surface area contributed by atoms with E-state index in [9.17, 15) is 19.2 Å². The minimum atomic E-state index is -0.783. The van der Waals surface area contributed by atoms with Crippen LogP contribution in [-0.2, 0) is 32.6 Å². The maximum absolute atomic E-state index is 12.6. The summed E-state index contributed by atoms with van der Waals surface area (Å²) in [6.45, 7) is 3.84. The van der Waals surface area contributed by atoms with Crippen molar-refractivity contribution < 1.29 is 19.2 Å². The summed E-state index contributed by atoms with van der Waals surface area (Å²) in [5, 5.41) is 12.9. The summed E-state index contributed by atoms with van der Waals surface area (Å²) < 4.78 is 2.11. The molecule has 2 aromatic rings. The van der Waals surface area contributed by atoms with Crippen LogP contribution in [0.1, 0.15) is 32.3 Å². The lowest BCUT2D eigenvalue weighted by atomic mass is 9.98. The van der Waals surface area contributed by atoms with Gasteiger partial charge in [0.25, 0.3) is 0 Å². The van der Waals surface area contributed by atoms with Crippen LogP contribution in [0, 0.1) is 5.92 Å². The van der Waals surface area contributed by atoms with E-state index in [-0.39, 0.29) is 37.2 Å². The molecule has 2 heterocycles. The van der Waals surface area contributed by atoms with Crippen LogP contribution in [0.25, 0.3) is 10.9 Å². The van der Waals surface area contributed by atoms with Crippen molar-refractivity contribution >= 4 is 46.3 Å². The lowest BCUT2D eigenvalue weighted by Crippen LogP contribution is -2.53. The van der Waals surface area contributed by atoms with Gasteiger partial charge in [-0.1, -0.05) is 38.5 Å². The molecule has 1 aromatic heterocycles. The van der Waals surface area contributed by atoms with E-state index >= 15 is 0 Å². The third kappa shape index (κ3) is 6.31. The van der Waals surface area contributed by atoms with Gasteiger partial charge in [0.15, 0.2) is 0 Å². The maximum Gasteiger partial charge on any atom is 0.243 e. The van der Waals surface area contributed by atoms with Gasteiger partial charge in [-0.2, -0.15) is 0 Å². The minimum absolute atomic E-state index is 0.130. The Morgan fingerprint density at radius 2 is 1.74 bits per heavy atom. The zero-order chi connectivity index (χ0) is 24.7. The summed E-state index contributed by atoms with van der Waals surface area (Å²) in [5.41, 5.74) is 2.16. The van der Waals surface area contributed by atoms with Crippen LogP contribution in [0.15, 0.2) is 29.3 Å². The Kier molecular flexibility index (Phi) is 8.98. The average Bonchev–Trinajstić information content (AvgIpc) is 3.10. The largest absolute Gasteiger partial charge is 0.354 e. The molecular formula is C24H33N5O4S. The Hall–Kier alpha value is -3.01. The van der Waals surface area contributed by atoms with Crippen LogP contribution in [0.2, 0.25) is 0 Å². The Labute approximate surface area is 203 Å². The third-order valence-corrected chi connectivity index (χ3v) is 7.30. The van der Waals surface area contributed by atoms with Gasteiger partial charge in [0.1, 0.15) is 6.04 Å². The lowest BCUT2D eigenvalue weighted by Gasteiger charge is -2.23. The van der Waals surface area contributed by atoms with Gasteiger partial charge in [-0.05, 0) is 24.0 Å². The van der Waals surface area contributed by atoms with Gasteiger partial charge in [-0.15, -0.1) is 11.8 Å². The van der Waals surface area contributed by atoms with E-state index in [1.165, 1.54) is 0 Å². The number of hydrogen-bond acceptors (Lipinski definition) is 5. The molecule has 1 aliphatic rings. The summed E-state index contributed by atoms with van der Waals surface area (Å²) in [6, 6.07) is 7.27. The molecule has 10 heteroatoms. The highest BCUT2D eigenvalue weighted by Gasteiger charge is 2.26. The number of nitrogens with zero attached hydrogens (tertiary/aromatic N) is 1. The summed E-state index contributed by atoms with van der Waals surface area (Å²) in [5.74, 6) is -0.852. The molecule has 3 rings (SSSR count). The SMILES string of the molecule is CCC(C)C1NC(=O)CNC(=O)CCc2c(n(C)c3ccccc23)SCCNC(=O)CNC1=O. The first kappa shape index (κ1) is 25.6. The van der Waals surface area contributed by atoms with E-state index in [0.717, 1.165) is 21.5 Å². The lowest BCUT2D eigenvalue weighted by molar-refractivity contribution is -0.132. The average molecular weight is 488 g/mol. The van der Waals surface area contributed by atoms with Gasteiger partial charge < -0.3 is 25.8 Å². The number of hydrogen-bond donors (Lipinski definition) is 4. The van der Waals surface area contributed by atoms with Crippen molar-refractivity contribution in [2.45, 2.75) is 44.2 Å². The van der Waals surface area contributed by atoms with Gasteiger partial charge in [0.2, 0.25) is 23.6 Å². The number of nitrogens with one attached hydrogen (secondary N) is 4. The summed E-state index contributed by atoms with van der Waals surface area (Å²) in [7, 11) is 1.99. The topological polar surface area (TPSA) is 121 Å². The zero-order valence-electron chi connectivity index (χ0n) is 19.9. The number of amides is 4. The van der Waals surface area contributed by atoms with Crippen molar-refractivity contribution in [3.05, 3.63) is 29.8 Å². The molecule has 0 bridgehead atoms. The van der Waals surface area contributed by atoms with Gasteiger partial charge in [0.05, 0.1) is 18.1 Å². The van der Waals surface area contributed by atoms with Crippen LogP contribution in [0.5, 0.6) is 0 Å². The molecule has 9 nitrogen and oxygen atoms in total. The number of thioether (sulfide) groups is 1. The fourth-order valence-corrected chi connectivity index (χ4v) is 5.06. The predicted octanol–water partition coefficient (Wildman–Crippen LogP) is 1.10. The molecule has 1 aromatic carbocycles. The van der Waals surface area contributed by atoms with Crippen molar-refractivity contribution in [1.29, 1.82) is 0 Å². The molecule has 0 saturated carbocycles. The number of carbonyl (C=O) groups is 4. The molecule has 0 radical (unpaired) electrons. The van der Waals surface area contributed by atoms with Crippen molar-refractivity contribution in [3.8, 4) is 0 Å². The number of benzene rings is 1. The number of fused-ring (bicyclic) bond motifs is 3. The Morgan fingerprint density at radius 3 is 2.50 bits per heavy atom. The van der Waals surface area contributed by atoms with E-state index < -0.39 is 17.9 Å². The molecule has 0 spiro atoms. The molecule has 1 aliphatic heterocycles. The van der Waals surface area contributed by atoms with Crippen molar-refractivity contribution in [3.63, 3.8) is 0 Å². The second-order valence-electron chi connectivity index (χ2n) is 8.48. The number of rotatable bonds is 2. The van der Waals surface area contributed by atoms with E-state index in [2.05, 4.69) is 25.8 Å². The first-order valence-electron chi connectivity index (χ1n) is 11.6. The highest BCUT2D eigenvalue weighted by molar-refractivity contribution is 7.99. The van der Waals surface area contributed by atoms with Crippen molar-refractivity contribution in [1.82, 2.24) is 25.8 Å². The first-order valence-corrected chi connectivity index (χ1v) is 12.6. The summed E-state index contributed by atoms with van der Waals surface area (Å²) in [4.78, 5) is 49.8. The molecule has 4 N–H and O–H groups in total. The number of aromatic nitrogens is 1. The molecule has 4 amide bonds. The Morgan fingerprint density at radius 1 is 1.00 bits per heavy atom. The predicted molar refractivity (Wildman–Crippen MR) is 132 cm³/mol. The number of aryl methyl sites for hydroxylation is 2. The van der Waals surface area contributed by atoms with E-state index in [4.69, 9.17) is 0 Å². The monoisotopic (exact) mass is 487 g/mol. The molecule has 184 valence electrons. The fraction of sp³-hybridized carbons (Fsp3) is 0.500. The quantitative estimate of drug-likeness (QED) is 0.505. The third-order valence-electron chi connectivity index (χ3n) is 6.10. The highest BCUT2D eigenvalue weighted by Crippen LogP contribution is 2.33. The zero-order valence-corrected chi connectivity index (χ0v) is 20.7. The van der Waals surface area contributed by atoms with E-state index in [1.54, 1.807) is 11.8 Å². The minimum Gasteiger partial charge on any atom is -0.354 e. The maximum atomic E-state index is 12.6. The number of carbonyl (C=O) groups excluding carboxylic acids is 4. The molecule has 2 unspecified atom stereocenters. The molecule has 2 atom stereocenters. The standard InChI is InChI=1S/C24H33N5O4S/c1-4-15(2)22-23(33)27-13-20(31)25-11-12-34-24-17(9-10-19(30)26-14-21(32)28-22)16-7-5-6-8-18(16)29(24)3/h5-8,15,22H,4,9-14H2,1-3H3,(H,25,31)(H,26,30)(H,27,33)(H,28,32). The van der Waals surface area contributed by atoms with Crippen LogP contribution in [-0.4, -0.2) is 59.6 Å². The summed E-state index contributed by atoms with van der Waals surface area (Å²) >= 11 is 1.62. The Bertz CT molecular complexity index is 1070. The van der Waals surface area contributed by atoms with Crippen molar-refractivity contribution in [2.24, 2.45) is 13.0 Å². The van der Waals surface area contributed by atoms with Gasteiger partial charge in [-0.3, -0.25) is 19.2 Å². The van der Waals surface area contributed by atoms with Gasteiger partial charge in [0, 0.05) is 36.7 Å². The smallest absolute Gasteiger partial charge is 0.243 e. The van der Waals surface area contributed by atoms with Gasteiger partial charge >= 0.3 is 0 Å². The molecule has 0 aliphatic carbocycles. The van der Waals surface area contributed by atoms with Crippen molar-refractivity contribution in [2.75, 3.05) is 25.4 Å². The van der Waals surface area contributed by atoms with E-state index in [0.29, 0.717) is 25.1 Å². The molecule has 0 fully saturated rings. The van der Waals surface area contributed by atoms with Crippen LogP contribution < -0.4 is 21.3 Å². The molecule has 0 saturated heterocycles. The highest BCUT2D eigenvalue weighted by atomic mass is 32.2. The number of para-hydroxylation sites is 1. The first-order chi connectivity index (χ1) is 16.3. The van der Waals surface area contributed by atoms with Crippen LogP contribution in [0.3, 0.4) is 0 Å². The Balaban J connectivity index is 1.80. The molecule has 34 heavy (non-hydrogen) atoms. The van der Waals surface area contributed by atoms with Crippen LogP contribution >= 0.6 is 11.8 Å². The molecular weight excluding hydrogens is 454 g/mol. The van der Waals surface area contributed by atoms with Crippen LogP contribution in [0.4, 0.5) is 0 Å².